The summed E-state index contributed by atoms with van der Waals surface area (Å²) in [6, 6.07) is 2.42. The van der Waals surface area contributed by atoms with E-state index < -0.39 is 0 Å². The molecule has 3 aromatic rings. The van der Waals surface area contributed by atoms with Crippen molar-refractivity contribution in [3.05, 3.63) is 24.3 Å². The number of hydrogen-bond acceptors (Lipinski definition) is 5. The van der Waals surface area contributed by atoms with E-state index in [1.807, 2.05) is 6.20 Å². The molecular formula is C20H28N6O. The third-order valence-corrected chi connectivity index (χ3v) is 6.58. The normalized spacial score (nSPS) is 31.9. The van der Waals surface area contributed by atoms with Gasteiger partial charge in [0.15, 0.2) is 11.3 Å². The fourth-order valence-corrected chi connectivity index (χ4v) is 5.09. The Morgan fingerprint density at radius 2 is 2.04 bits per heavy atom. The molecule has 3 heterocycles. The molecule has 0 spiro atoms. The highest BCUT2D eigenvalue weighted by molar-refractivity contribution is 5.74. The SMILES string of the molecule is CC[C@@H]1C[C@@H](O[C@H]2CC[C@@H](N)CC2)C[C@@H]1c1nnc2cnc3[nH]ccc3n12. The van der Waals surface area contributed by atoms with Gasteiger partial charge in [-0.2, -0.15) is 0 Å². The molecule has 3 N–H and O–H groups in total. The van der Waals surface area contributed by atoms with Gasteiger partial charge in [0.05, 0.1) is 23.9 Å². The Morgan fingerprint density at radius 1 is 1.19 bits per heavy atom. The Morgan fingerprint density at radius 3 is 2.85 bits per heavy atom. The number of H-pyrrole nitrogens is 1. The molecule has 7 heteroatoms. The number of aromatic nitrogens is 5. The number of fused-ring (bicyclic) bond motifs is 3. The Bertz CT molecular complexity index is 925. The van der Waals surface area contributed by atoms with Crippen molar-refractivity contribution in [3.63, 3.8) is 0 Å². The Kier molecular flexibility index (Phi) is 4.36. The van der Waals surface area contributed by atoms with E-state index in [1.165, 1.54) is 0 Å². The van der Waals surface area contributed by atoms with Gasteiger partial charge in [0.25, 0.3) is 0 Å². The summed E-state index contributed by atoms with van der Waals surface area (Å²) in [6.45, 7) is 2.27. The molecule has 0 aliphatic heterocycles. The summed E-state index contributed by atoms with van der Waals surface area (Å²) < 4.78 is 8.69. The zero-order valence-electron chi connectivity index (χ0n) is 15.8. The van der Waals surface area contributed by atoms with Crippen LogP contribution in [0.1, 0.15) is 63.6 Å². The van der Waals surface area contributed by atoms with Gasteiger partial charge in [-0.25, -0.2) is 4.98 Å². The summed E-state index contributed by atoms with van der Waals surface area (Å²) >= 11 is 0. The number of ether oxygens (including phenoxy) is 1. The fourth-order valence-electron chi connectivity index (χ4n) is 5.09. The summed E-state index contributed by atoms with van der Waals surface area (Å²) in [6.07, 6.45) is 12.1. The van der Waals surface area contributed by atoms with Crippen LogP contribution in [-0.2, 0) is 4.74 Å². The van der Waals surface area contributed by atoms with Gasteiger partial charge < -0.3 is 15.5 Å². The minimum atomic E-state index is 0.315. The van der Waals surface area contributed by atoms with E-state index in [2.05, 4.69) is 37.6 Å². The summed E-state index contributed by atoms with van der Waals surface area (Å²) in [5.41, 5.74) is 8.79. The average molecular weight is 368 g/mol. The van der Waals surface area contributed by atoms with Crippen LogP contribution in [0.5, 0.6) is 0 Å². The van der Waals surface area contributed by atoms with Crippen LogP contribution in [0.25, 0.3) is 16.8 Å². The van der Waals surface area contributed by atoms with Crippen LogP contribution in [-0.4, -0.2) is 42.8 Å². The van der Waals surface area contributed by atoms with Crippen LogP contribution in [0.15, 0.2) is 18.5 Å². The van der Waals surface area contributed by atoms with Crippen LogP contribution in [0.2, 0.25) is 0 Å². The molecule has 2 saturated carbocycles. The maximum atomic E-state index is 6.51. The fraction of sp³-hybridized carbons (Fsp3) is 0.650. The summed E-state index contributed by atoms with van der Waals surface area (Å²) in [4.78, 5) is 7.62. The third kappa shape index (κ3) is 3.02. The first-order valence-corrected chi connectivity index (χ1v) is 10.3. The van der Waals surface area contributed by atoms with Crippen LogP contribution in [0.4, 0.5) is 0 Å². The summed E-state index contributed by atoms with van der Waals surface area (Å²) in [7, 11) is 0. The molecule has 144 valence electrons. The number of aromatic amines is 1. The maximum absolute atomic E-state index is 6.51. The van der Waals surface area contributed by atoms with E-state index in [0.29, 0.717) is 30.1 Å². The lowest BCUT2D eigenvalue weighted by molar-refractivity contribution is -0.0302. The van der Waals surface area contributed by atoms with Gasteiger partial charge in [0, 0.05) is 18.2 Å². The van der Waals surface area contributed by atoms with Crippen LogP contribution in [0.3, 0.4) is 0 Å². The first-order valence-electron chi connectivity index (χ1n) is 10.3. The highest BCUT2D eigenvalue weighted by Gasteiger charge is 2.39. The monoisotopic (exact) mass is 368 g/mol. The molecule has 0 bridgehead atoms. The van der Waals surface area contributed by atoms with E-state index >= 15 is 0 Å². The quantitative estimate of drug-likeness (QED) is 0.738. The largest absolute Gasteiger partial charge is 0.375 e. The first-order chi connectivity index (χ1) is 13.2. The van der Waals surface area contributed by atoms with Crippen LogP contribution < -0.4 is 5.73 Å². The second kappa shape index (κ2) is 6.87. The number of rotatable bonds is 4. The molecule has 2 aliphatic carbocycles. The number of nitrogens with one attached hydrogen (secondary N) is 1. The minimum Gasteiger partial charge on any atom is -0.375 e. The van der Waals surface area contributed by atoms with Crippen LogP contribution >= 0.6 is 0 Å². The van der Waals surface area contributed by atoms with Gasteiger partial charge >= 0.3 is 0 Å². The predicted octanol–water partition coefficient (Wildman–Crippen LogP) is 3.16. The zero-order chi connectivity index (χ0) is 18.4. The van der Waals surface area contributed by atoms with Gasteiger partial charge in [-0.15, -0.1) is 10.2 Å². The van der Waals surface area contributed by atoms with Gasteiger partial charge in [0.2, 0.25) is 0 Å². The molecule has 0 amide bonds. The van der Waals surface area contributed by atoms with Gasteiger partial charge in [-0.3, -0.25) is 4.40 Å². The van der Waals surface area contributed by atoms with E-state index in [9.17, 15) is 0 Å². The molecule has 3 atom stereocenters. The number of nitrogens with zero attached hydrogens (tertiary/aromatic N) is 4. The first kappa shape index (κ1) is 17.1. The summed E-state index contributed by atoms with van der Waals surface area (Å²) in [5, 5.41) is 8.98. The lowest BCUT2D eigenvalue weighted by atomic mass is 9.93. The molecule has 7 nitrogen and oxygen atoms in total. The van der Waals surface area contributed by atoms with Crippen molar-refractivity contribution in [1.29, 1.82) is 0 Å². The lowest BCUT2D eigenvalue weighted by Gasteiger charge is -2.28. The van der Waals surface area contributed by atoms with E-state index in [0.717, 1.165) is 67.6 Å². The van der Waals surface area contributed by atoms with Crippen molar-refractivity contribution in [2.75, 3.05) is 0 Å². The predicted molar refractivity (Wildman–Crippen MR) is 103 cm³/mol. The van der Waals surface area contributed by atoms with E-state index in [1.54, 1.807) is 6.20 Å². The molecule has 27 heavy (non-hydrogen) atoms. The maximum Gasteiger partial charge on any atom is 0.179 e. The average Bonchev–Trinajstić information content (AvgIpc) is 3.39. The topological polar surface area (TPSA) is 94.1 Å². The molecule has 5 rings (SSSR count). The van der Waals surface area contributed by atoms with E-state index in [-0.39, 0.29) is 0 Å². The second-order valence-electron chi connectivity index (χ2n) is 8.26. The minimum absolute atomic E-state index is 0.315. The molecule has 0 radical (unpaired) electrons. The van der Waals surface area contributed by atoms with Crippen molar-refractivity contribution < 1.29 is 4.74 Å². The van der Waals surface area contributed by atoms with E-state index in [4.69, 9.17) is 10.5 Å². The van der Waals surface area contributed by atoms with Gasteiger partial charge in [-0.05, 0) is 50.5 Å². The third-order valence-electron chi connectivity index (χ3n) is 6.58. The Balaban J connectivity index is 1.41. The highest BCUT2D eigenvalue weighted by Crippen LogP contribution is 2.43. The smallest absolute Gasteiger partial charge is 0.179 e. The molecule has 0 unspecified atom stereocenters. The zero-order valence-corrected chi connectivity index (χ0v) is 15.8. The number of nitrogens with two attached hydrogens (primary N) is 1. The molecule has 2 aliphatic rings. The Hall–Kier alpha value is -1.99. The van der Waals surface area contributed by atoms with Crippen molar-refractivity contribution in [2.24, 2.45) is 11.7 Å². The molecule has 2 fully saturated rings. The lowest BCUT2D eigenvalue weighted by Crippen LogP contribution is -2.32. The molecular weight excluding hydrogens is 340 g/mol. The van der Waals surface area contributed by atoms with Gasteiger partial charge in [0.1, 0.15) is 5.82 Å². The van der Waals surface area contributed by atoms with Crippen LogP contribution in [0, 0.1) is 5.92 Å². The molecule has 0 saturated heterocycles. The van der Waals surface area contributed by atoms with Crippen molar-refractivity contribution >= 4 is 16.8 Å². The Labute approximate surface area is 158 Å². The highest BCUT2D eigenvalue weighted by atomic mass is 16.5. The van der Waals surface area contributed by atoms with Gasteiger partial charge in [-0.1, -0.05) is 13.3 Å². The standard InChI is InChI=1S/C20H28N6O/c1-2-12-9-15(27-14-5-3-13(21)4-6-14)10-16(12)20-25-24-18-11-23-19-17(26(18)20)7-8-22-19/h7-8,11-16,22H,2-6,9-10,21H2,1H3/t12-,13-,14+,15-,16+/m1/s1. The second-order valence-corrected chi connectivity index (χ2v) is 8.26. The van der Waals surface area contributed by atoms with Crippen molar-refractivity contribution in [3.8, 4) is 0 Å². The van der Waals surface area contributed by atoms with Crippen molar-refractivity contribution in [1.82, 2.24) is 24.6 Å². The van der Waals surface area contributed by atoms with Crippen molar-refractivity contribution in [2.45, 2.75) is 76.0 Å². The number of hydrogen-bond donors (Lipinski definition) is 2. The molecule has 3 aromatic heterocycles. The summed E-state index contributed by atoms with van der Waals surface area (Å²) in [5.74, 6) is 2.01. The molecule has 0 aromatic carbocycles.